The molecule has 0 fully saturated rings. The molecule has 0 N–H and O–H groups in total. The van der Waals surface area contributed by atoms with E-state index in [9.17, 15) is 9.18 Å². The largest absolute Gasteiger partial charge is 0.489 e. The number of hydrogen-bond donors (Lipinski definition) is 0. The van der Waals surface area contributed by atoms with Crippen molar-refractivity contribution < 1.29 is 18.4 Å². The number of rotatable bonds is 6. The van der Waals surface area contributed by atoms with Crippen molar-refractivity contribution in [3.63, 3.8) is 0 Å². The van der Waals surface area contributed by atoms with Gasteiger partial charge in [-0.3, -0.25) is 4.79 Å². The van der Waals surface area contributed by atoms with Gasteiger partial charge in [0.25, 0.3) is 11.6 Å². The Bertz CT molecular complexity index is 1190. The molecule has 2 aromatic carbocycles. The Balaban J connectivity index is 1.58. The Labute approximate surface area is 172 Å². The van der Waals surface area contributed by atoms with E-state index in [1.54, 1.807) is 38.2 Å². The van der Waals surface area contributed by atoms with Crippen molar-refractivity contribution in [1.29, 1.82) is 0 Å². The average Bonchev–Trinajstić information content (AvgIpc) is 3.15. The predicted octanol–water partition coefficient (Wildman–Crippen LogP) is 4.49. The maximum absolute atomic E-state index is 13.7. The van der Waals surface area contributed by atoms with Gasteiger partial charge in [-0.1, -0.05) is 47.6 Å². The Morgan fingerprint density at radius 3 is 2.63 bits per heavy atom. The zero-order valence-electron chi connectivity index (χ0n) is 16.6. The first kappa shape index (κ1) is 19.6. The summed E-state index contributed by atoms with van der Waals surface area (Å²) in [6.45, 7) is 2.21. The molecule has 0 unspecified atom stereocenters. The monoisotopic (exact) mass is 405 g/mol. The van der Waals surface area contributed by atoms with Crippen LogP contribution in [0.25, 0.3) is 22.4 Å². The normalized spacial score (nSPS) is 10.9. The van der Waals surface area contributed by atoms with Crippen molar-refractivity contribution in [3.8, 4) is 17.0 Å². The first-order valence-electron chi connectivity index (χ1n) is 9.50. The van der Waals surface area contributed by atoms with E-state index in [2.05, 4.69) is 10.1 Å². The lowest BCUT2D eigenvalue weighted by atomic mass is 10.0. The third-order valence-electron chi connectivity index (χ3n) is 4.78. The molecule has 6 nitrogen and oxygen atoms in total. The van der Waals surface area contributed by atoms with E-state index < -0.39 is 5.82 Å². The SMILES string of the molecule is Cc1noc2nc(-c3ccccc3)cc(C(=O)N(C)CCOc3ccccc3F)c12. The van der Waals surface area contributed by atoms with Crippen LogP contribution in [0.4, 0.5) is 4.39 Å². The fourth-order valence-electron chi connectivity index (χ4n) is 3.18. The van der Waals surface area contributed by atoms with Crippen molar-refractivity contribution in [2.24, 2.45) is 0 Å². The molecule has 4 aromatic rings. The van der Waals surface area contributed by atoms with Crippen LogP contribution in [0.2, 0.25) is 0 Å². The number of benzene rings is 2. The van der Waals surface area contributed by atoms with Gasteiger partial charge in [0.2, 0.25) is 0 Å². The zero-order chi connectivity index (χ0) is 21.1. The van der Waals surface area contributed by atoms with Gasteiger partial charge in [-0.2, -0.15) is 0 Å². The Morgan fingerprint density at radius 2 is 1.87 bits per heavy atom. The third-order valence-corrected chi connectivity index (χ3v) is 4.78. The molecule has 0 aliphatic rings. The first-order valence-corrected chi connectivity index (χ1v) is 9.50. The second kappa shape index (κ2) is 8.32. The highest BCUT2D eigenvalue weighted by atomic mass is 19.1. The minimum atomic E-state index is -0.435. The summed E-state index contributed by atoms with van der Waals surface area (Å²) in [5, 5.41) is 4.55. The molecule has 2 aromatic heterocycles. The topological polar surface area (TPSA) is 68.5 Å². The molecule has 30 heavy (non-hydrogen) atoms. The van der Waals surface area contributed by atoms with E-state index >= 15 is 0 Å². The summed E-state index contributed by atoms with van der Waals surface area (Å²) in [7, 11) is 1.67. The van der Waals surface area contributed by atoms with Gasteiger partial charge in [-0.25, -0.2) is 9.37 Å². The number of fused-ring (bicyclic) bond motifs is 1. The lowest BCUT2D eigenvalue weighted by molar-refractivity contribution is 0.0774. The van der Waals surface area contributed by atoms with Crippen LogP contribution in [-0.4, -0.2) is 41.1 Å². The molecule has 4 rings (SSSR count). The van der Waals surface area contributed by atoms with Gasteiger partial charge >= 0.3 is 0 Å². The first-order chi connectivity index (χ1) is 14.5. The summed E-state index contributed by atoms with van der Waals surface area (Å²) in [5.41, 5.74) is 2.85. The lowest BCUT2D eigenvalue weighted by Gasteiger charge is -2.18. The van der Waals surface area contributed by atoms with Crippen LogP contribution in [0.5, 0.6) is 5.75 Å². The lowest BCUT2D eigenvalue weighted by Crippen LogP contribution is -2.31. The van der Waals surface area contributed by atoms with Gasteiger partial charge in [-0.05, 0) is 25.1 Å². The number of aryl methyl sites for hydroxylation is 1. The molecule has 0 saturated heterocycles. The predicted molar refractivity (Wildman–Crippen MR) is 111 cm³/mol. The van der Waals surface area contributed by atoms with Gasteiger partial charge in [0.15, 0.2) is 11.6 Å². The van der Waals surface area contributed by atoms with E-state index in [-0.39, 0.29) is 24.8 Å². The van der Waals surface area contributed by atoms with E-state index in [1.165, 1.54) is 11.0 Å². The number of nitrogens with zero attached hydrogens (tertiary/aromatic N) is 3. The Morgan fingerprint density at radius 1 is 1.13 bits per heavy atom. The summed E-state index contributed by atoms with van der Waals surface area (Å²) in [6.07, 6.45) is 0. The van der Waals surface area contributed by atoms with Crippen molar-refractivity contribution in [1.82, 2.24) is 15.0 Å². The molecule has 7 heteroatoms. The fraction of sp³-hybridized carbons (Fsp3) is 0.174. The Hall–Kier alpha value is -3.74. The van der Waals surface area contributed by atoms with Crippen LogP contribution in [0.15, 0.2) is 65.2 Å². The number of hydrogen-bond acceptors (Lipinski definition) is 5. The maximum atomic E-state index is 13.7. The quantitative estimate of drug-likeness (QED) is 0.473. The smallest absolute Gasteiger partial charge is 0.259 e. The van der Waals surface area contributed by atoms with Crippen LogP contribution in [0.1, 0.15) is 16.1 Å². The molecule has 0 spiro atoms. The number of pyridine rings is 1. The minimum absolute atomic E-state index is 0.158. The highest BCUT2D eigenvalue weighted by Crippen LogP contribution is 2.27. The van der Waals surface area contributed by atoms with Crippen LogP contribution in [0.3, 0.4) is 0 Å². The van der Waals surface area contributed by atoms with E-state index in [4.69, 9.17) is 9.26 Å². The second-order valence-electron chi connectivity index (χ2n) is 6.87. The van der Waals surface area contributed by atoms with E-state index in [1.807, 2.05) is 30.3 Å². The zero-order valence-corrected chi connectivity index (χ0v) is 16.6. The molecular formula is C23H20FN3O3. The Kier molecular flexibility index (Phi) is 5.43. The number of amides is 1. The van der Waals surface area contributed by atoms with Gasteiger partial charge in [0.05, 0.1) is 28.9 Å². The molecule has 2 heterocycles. The van der Waals surface area contributed by atoms with Gasteiger partial charge in [0, 0.05) is 12.6 Å². The van der Waals surface area contributed by atoms with Crippen LogP contribution >= 0.6 is 0 Å². The molecule has 0 aliphatic heterocycles. The number of ether oxygens (including phenoxy) is 1. The van der Waals surface area contributed by atoms with Gasteiger partial charge < -0.3 is 14.2 Å². The van der Waals surface area contributed by atoms with Crippen molar-refractivity contribution in [2.45, 2.75) is 6.92 Å². The van der Waals surface area contributed by atoms with Crippen LogP contribution in [-0.2, 0) is 0 Å². The fourth-order valence-corrected chi connectivity index (χ4v) is 3.18. The highest BCUT2D eigenvalue weighted by molar-refractivity contribution is 6.06. The minimum Gasteiger partial charge on any atom is -0.489 e. The standard InChI is InChI=1S/C23H20FN3O3/c1-15-21-17(14-19(25-22(21)30-26-15)16-8-4-3-5-9-16)23(28)27(2)12-13-29-20-11-7-6-10-18(20)24/h3-11,14H,12-13H2,1-2H3. The van der Waals surface area contributed by atoms with Crippen LogP contribution < -0.4 is 4.74 Å². The number of carbonyl (C=O) groups is 1. The van der Waals surface area contributed by atoms with Gasteiger partial charge in [-0.15, -0.1) is 0 Å². The third kappa shape index (κ3) is 3.87. The summed E-state index contributed by atoms with van der Waals surface area (Å²) < 4.78 is 24.5. The molecule has 152 valence electrons. The van der Waals surface area contributed by atoms with Crippen molar-refractivity contribution >= 4 is 17.0 Å². The average molecular weight is 405 g/mol. The molecular weight excluding hydrogens is 385 g/mol. The van der Waals surface area contributed by atoms with Gasteiger partial charge in [0.1, 0.15) is 6.61 Å². The van der Waals surface area contributed by atoms with E-state index in [0.29, 0.717) is 28.1 Å². The number of halogens is 1. The number of para-hydroxylation sites is 1. The molecule has 0 saturated carbocycles. The van der Waals surface area contributed by atoms with E-state index in [0.717, 1.165) is 5.56 Å². The number of aromatic nitrogens is 2. The summed E-state index contributed by atoms with van der Waals surface area (Å²) in [4.78, 5) is 19.2. The summed E-state index contributed by atoms with van der Waals surface area (Å²) in [6, 6.07) is 17.5. The summed E-state index contributed by atoms with van der Waals surface area (Å²) >= 11 is 0. The van der Waals surface area contributed by atoms with Crippen LogP contribution in [0, 0.1) is 12.7 Å². The van der Waals surface area contributed by atoms with Crippen molar-refractivity contribution in [3.05, 3.63) is 77.7 Å². The molecule has 0 bridgehead atoms. The number of likely N-dealkylation sites (N-methyl/N-ethyl adjacent to an activating group) is 1. The highest BCUT2D eigenvalue weighted by Gasteiger charge is 2.22. The molecule has 0 atom stereocenters. The van der Waals surface area contributed by atoms with Crippen molar-refractivity contribution in [2.75, 3.05) is 20.2 Å². The number of carbonyl (C=O) groups excluding carboxylic acids is 1. The second-order valence-corrected chi connectivity index (χ2v) is 6.87. The molecule has 0 aliphatic carbocycles. The molecule has 0 radical (unpaired) electrons. The molecule has 1 amide bonds. The maximum Gasteiger partial charge on any atom is 0.259 e. The summed E-state index contributed by atoms with van der Waals surface area (Å²) in [5.74, 6) is -0.496.